The molecule has 0 spiro atoms. The lowest BCUT2D eigenvalue weighted by molar-refractivity contribution is -0.159. The Morgan fingerprint density at radius 1 is 1.22 bits per heavy atom. The van der Waals surface area contributed by atoms with Crippen LogP contribution in [0.4, 0.5) is 5.13 Å². The van der Waals surface area contributed by atoms with E-state index in [-0.39, 0.29) is 28.8 Å². The second kappa shape index (κ2) is 7.96. The molecule has 1 heterocycles. The first-order valence-electron chi connectivity index (χ1n) is 12.4. The van der Waals surface area contributed by atoms with Gasteiger partial charge < -0.3 is 10.1 Å². The molecular weight excluding hydrogens is 420 g/mol. The number of ether oxygens (including phenoxy) is 1. The third-order valence-corrected chi connectivity index (χ3v) is 10.3. The summed E-state index contributed by atoms with van der Waals surface area (Å²) in [5.74, 6) is 1.90. The van der Waals surface area contributed by atoms with Gasteiger partial charge in [0.15, 0.2) is 5.13 Å². The van der Waals surface area contributed by atoms with Crippen molar-refractivity contribution in [2.24, 2.45) is 28.6 Å². The zero-order chi connectivity index (χ0) is 22.7. The van der Waals surface area contributed by atoms with Gasteiger partial charge in [0.1, 0.15) is 6.10 Å². The third kappa shape index (κ3) is 3.36. The number of allylic oxidation sites excluding steroid dienone is 2. The first-order valence-corrected chi connectivity index (χ1v) is 13.3. The minimum Gasteiger partial charge on any atom is -0.462 e. The summed E-state index contributed by atoms with van der Waals surface area (Å²) in [6.45, 7) is 8.46. The van der Waals surface area contributed by atoms with E-state index >= 15 is 0 Å². The molecule has 1 aromatic heterocycles. The van der Waals surface area contributed by atoms with E-state index in [1.807, 2.05) is 6.92 Å². The molecule has 4 aliphatic carbocycles. The molecule has 0 radical (unpaired) electrons. The van der Waals surface area contributed by atoms with Gasteiger partial charge >= 0.3 is 5.97 Å². The molecule has 0 bridgehead atoms. The van der Waals surface area contributed by atoms with Crippen molar-refractivity contribution in [3.63, 3.8) is 0 Å². The molecule has 1 amide bonds. The monoisotopic (exact) mass is 456 g/mol. The van der Waals surface area contributed by atoms with Crippen molar-refractivity contribution in [2.75, 3.05) is 5.32 Å². The van der Waals surface area contributed by atoms with Crippen LogP contribution in [0.3, 0.4) is 0 Å². The fourth-order valence-corrected chi connectivity index (χ4v) is 8.88. The number of hydrogen-bond acceptors (Lipinski definition) is 5. The fraction of sp³-hybridized carbons (Fsp3) is 0.731. The third-order valence-electron chi connectivity index (χ3n) is 9.21. The van der Waals surface area contributed by atoms with E-state index in [0.717, 1.165) is 49.4 Å². The number of hydrogen-bond donors (Lipinski definition) is 1. The summed E-state index contributed by atoms with van der Waals surface area (Å²) in [4.78, 5) is 29.8. The van der Waals surface area contributed by atoms with Crippen molar-refractivity contribution in [3.8, 4) is 0 Å². The van der Waals surface area contributed by atoms with Crippen LogP contribution < -0.4 is 5.32 Å². The lowest BCUT2D eigenvalue weighted by Crippen LogP contribution is -2.50. The summed E-state index contributed by atoms with van der Waals surface area (Å²) >= 11 is 1.65. The number of nitrogens with zero attached hydrogens (tertiary/aromatic N) is 1. The van der Waals surface area contributed by atoms with Crippen molar-refractivity contribution in [1.82, 2.24) is 4.98 Å². The van der Waals surface area contributed by atoms with Crippen LogP contribution in [-0.4, -0.2) is 23.0 Å². The molecule has 0 aliphatic heterocycles. The summed E-state index contributed by atoms with van der Waals surface area (Å²) in [7, 11) is 0. The first-order chi connectivity index (χ1) is 15.3. The topological polar surface area (TPSA) is 68.3 Å². The van der Waals surface area contributed by atoms with Crippen molar-refractivity contribution in [3.05, 3.63) is 16.6 Å². The normalized spacial score (nSPS) is 37.4. The molecule has 2 fully saturated rings. The number of anilines is 1. The molecule has 0 unspecified atom stereocenters. The van der Waals surface area contributed by atoms with Crippen LogP contribution in [0.25, 0.3) is 5.57 Å². The van der Waals surface area contributed by atoms with Crippen molar-refractivity contribution in [2.45, 2.75) is 91.6 Å². The fourth-order valence-electron chi connectivity index (χ4n) is 7.65. The number of thiazole rings is 1. The molecule has 174 valence electrons. The average molecular weight is 457 g/mol. The molecule has 0 saturated heterocycles. The van der Waals surface area contributed by atoms with Crippen LogP contribution >= 0.6 is 11.3 Å². The summed E-state index contributed by atoms with van der Waals surface area (Å²) < 4.78 is 6.02. The molecule has 5 nitrogen and oxygen atoms in total. The quantitative estimate of drug-likeness (QED) is 0.565. The van der Waals surface area contributed by atoms with Gasteiger partial charge in [-0.2, -0.15) is 0 Å². The maximum Gasteiger partial charge on any atom is 0.306 e. The number of amides is 1. The second-order valence-corrected chi connectivity index (χ2v) is 12.0. The molecule has 2 saturated carbocycles. The summed E-state index contributed by atoms with van der Waals surface area (Å²) in [5, 5.41) is 3.63. The molecule has 0 aromatic carbocycles. The Labute approximate surface area is 195 Å². The second-order valence-electron chi connectivity index (χ2n) is 11.0. The number of aryl methyl sites for hydroxylation is 1. The minimum absolute atomic E-state index is 0.0146. The maximum absolute atomic E-state index is 12.3. The van der Waals surface area contributed by atoms with Crippen molar-refractivity contribution >= 4 is 33.9 Å². The van der Waals surface area contributed by atoms with Crippen LogP contribution in [0.5, 0.6) is 0 Å². The Morgan fingerprint density at radius 2 is 2.03 bits per heavy atom. The highest BCUT2D eigenvalue weighted by Crippen LogP contribution is 2.66. The Bertz CT molecular complexity index is 968. The van der Waals surface area contributed by atoms with Gasteiger partial charge in [0.2, 0.25) is 5.91 Å². The predicted molar refractivity (Wildman–Crippen MR) is 127 cm³/mol. The molecule has 6 atom stereocenters. The number of fused-ring (bicyclic) bond motifs is 7. The van der Waals surface area contributed by atoms with Crippen LogP contribution in [0.2, 0.25) is 0 Å². The molecule has 1 N–H and O–H groups in total. The van der Waals surface area contributed by atoms with Crippen LogP contribution in [0.15, 0.2) is 6.08 Å². The molecule has 5 rings (SSSR count). The SMILES string of the molecule is CCCC(=O)O[C@H]1CC[C@H]2[C@@H]3CC=C4c5sc(NC(C)=O)nc5CC[C@]4(C)[C@H]3CC[C@]12C. The van der Waals surface area contributed by atoms with Crippen LogP contribution in [0, 0.1) is 28.6 Å². The van der Waals surface area contributed by atoms with Gasteiger partial charge in [-0.3, -0.25) is 9.59 Å². The number of carbonyl (C=O) groups excluding carboxylic acids is 2. The van der Waals surface area contributed by atoms with Gasteiger partial charge in [0.25, 0.3) is 0 Å². The lowest BCUT2D eigenvalue weighted by Gasteiger charge is -2.56. The Balaban J connectivity index is 1.41. The molecule has 4 aliphatic rings. The van der Waals surface area contributed by atoms with Crippen LogP contribution in [-0.2, 0) is 20.7 Å². The van der Waals surface area contributed by atoms with E-state index in [1.54, 1.807) is 18.3 Å². The number of rotatable bonds is 4. The Morgan fingerprint density at radius 3 is 2.78 bits per heavy atom. The van der Waals surface area contributed by atoms with Gasteiger partial charge in [0.05, 0.1) is 10.6 Å². The molecule has 6 heteroatoms. The van der Waals surface area contributed by atoms with Crippen LogP contribution in [0.1, 0.15) is 89.6 Å². The van der Waals surface area contributed by atoms with Gasteiger partial charge in [-0.25, -0.2) is 4.98 Å². The van der Waals surface area contributed by atoms with E-state index in [2.05, 4.69) is 25.2 Å². The zero-order valence-corrected chi connectivity index (χ0v) is 20.6. The van der Waals surface area contributed by atoms with Gasteiger partial charge in [-0.05, 0) is 80.1 Å². The Kier molecular flexibility index (Phi) is 5.51. The summed E-state index contributed by atoms with van der Waals surface area (Å²) in [6.07, 6.45) is 11.8. The smallest absolute Gasteiger partial charge is 0.306 e. The Hall–Kier alpha value is -1.69. The van der Waals surface area contributed by atoms with E-state index in [4.69, 9.17) is 9.72 Å². The standard InChI is InChI=1S/C26H36N2O3S/c1-5-6-22(30)31-21-10-9-17-16-7-8-19-23-20(28-24(32-23)27-15(2)29)12-14-25(19,3)18(16)11-13-26(17,21)4/h8,16-18,21H,5-7,9-14H2,1-4H3,(H,27,28,29)/t16-,17-,18-,21-,25+,26-/m0/s1. The highest BCUT2D eigenvalue weighted by molar-refractivity contribution is 7.17. The predicted octanol–water partition coefficient (Wildman–Crippen LogP) is 6.00. The van der Waals surface area contributed by atoms with Gasteiger partial charge in [-0.15, -0.1) is 0 Å². The van der Waals surface area contributed by atoms with Gasteiger partial charge in [0, 0.05) is 18.8 Å². The van der Waals surface area contributed by atoms with Crippen molar-refractivity contribution < 1.29 is 14.3 Å². The lowest BCUT2D eigenvalue weighted by atomic mass is 9.48. The van der Waals surface area contributed by atoms with E-state index in [1.165, 1.54) is 23.3 Å². The van der Waals surface area contributed by atoms with Crippen molar-refractivity contribution in [1.29, 1.82) is 0 Å². The zero-order valence-electron chi connectivity index (χ0n) is 19.8. The largest absolute Gasteiger partial charge is 0.462 e. The first kappa shape index (κ1) is 22.1. The van der Waals surface area contributed by atoms with Gasteiger partial charge in [-0.1, -0.05) is 38.2 Å². The summed E-state index contributed by atoms with van der Waals surface area (Å²) in [6, 6.07) is 0. The summed E-state index contributed by atoms with van der Waals surface area (Å²) in [5.41, 5.74) is 2.93. The van der Waals surface area contributed by atoms with E-state index in [0.29, 0.717) is 24.2 Å². The number of carbonyl (C=O) groups is 2. The van der Waals surface area contributed by atoms with E-state index < -0.39 is 0 Å². The molecule has 32 heavy (non-hydrogen) atoms. The number of esters is 1. The highest BCUT2D eigenvalue weighted by Gasteiger charge is 2.60. The van der Waals surface area contributed by atoms with E-state index in [9.17, 15) is 9.59 Å². The average Bonchev–Trinajstić information content (AvgIpc) is 3.28. The maximum atomic E-state index is 12.3. The minimum atomic E-state index is -0.0569. The highest BCUT2D eigenvalue weighted by atomic mass is 32.1. The molecular formula is C26H36N2O3S. The number of nitrogens with one attached hydrogen (secondary N) is 1. The molecule has 1 aromatic rings. The number of aromatic nitrogens is 1.